The minimum Gasteiger partial charge on any atom is -0.497 e. The summed E-state index contributed by atoms with van der Waals surface area (Å²) in [6.45, 7) is 10.1. The third-order valence-corrected chi connectivity index (χ3v) is 6.81. The summed E-state index contributed by atoms with van der Waals surface area (Å²) < 4.78 is 32.6. The minimum absolute atomic E-state index is 0.00678. The van der Waals surface area contributed by atoms with E-state index in [-0.39, 0.29) is 20.9 Å². The van der Waals surface area contributed by atoms with Crippen molar-refractivity contribution in [1.29, 1.82) is 0 Å². The van der Waals surface area contributed by atoms with E-state index in [1.54, 1.807) is 31.4 Å². The molecule has 0 aromatic heterocycles. The summed E-state index contributed by atoms with van der Waals surface area (Å²) in [7, 11) is -0.907. The zero-order chi connectivity index (χ0) is 23.6. The standard InChI is InChI=1S/C23H31ClN2O4S/c1-22(2,3)15-23(4,5)25-21(27)19-14-18(12-13-20(19)24)31(28,29)26(6)16-8-10-17(30-7)11-9-16/h8-14H,15H2,1-7H3,(H,25,27). The van der Waals surface area contributed by atoms with Crippen LogP contribution in [-0.2, 0) is 10.0 Å². The maximum atomic E-state index is 13.2. The van der Waals surface area contributed by atoms with Gasteiger partial charge in [0.1, 0.15) is 5.75 Å². The number of benzene rings is 2. The van der Waals surface area contributed by atoms with Gasteiger partial charge in [0.2, 0.25) is 0 Å². The lowest BCUT2D eigenvalue weighted by molar-refractivity contribution is 0.0891. The van der Waals surface area contributed by atoms with E-state index in [0.29, 0.717) is 11.4 Å². The monoisotopic (exact) mass is 466 g/mol. The minimum atomic E-state index is -3.90. The maximum absolute atomic E-state index is 13.2. The molecule has 0 aliphatic rings. The van der Waals surface area contributed by atoms with Crippen LogP contribution in [0.25, 0.3) is 0 Å². The normalized spacial score (nSPS) is 12.4. The van der Waals surface area contributed by atoms with E-state index in [4.69, 9.17) is 16.3 Å². The van der Waals surface area contributed by atoms with Gasteiger partial charge in [-0.2, -0.15) is 0 Å². The summed E-state index contributed by atoms with van der Waals surface area (Å²) in [6.07, 6.45) is 0.738. The SMILES string of the molecule is COc1ccc(N(C)S(=O)(=O)c2ccc(Cl)c(C(=O)NC(C)(C)CC(C)(C)C)c2)cc1. The Labute approximate surface area is 190 Å². The lowest BCUT2D eigenvalue weighted by Gasteiger charge is -2.33. The Morgan fingerprint density at radius 2 is 1.65 bits per heavy atom. The molecule has 0 saturated heterocycles. The Bertz CT molecular complexity index is 1040. The molecule has 8 heteroatoms. The number of sulfonamides is 1. The first-order chi connectivity index (χ1) is 14.2. The Balaban J connectivity index is 2.34. The van der Waals surface area contributed by atoms with Gasteiger partial charge >= 0.3 is 0 Å². The van der Waals surface area contributed by atoms with Gasteiger partial charge in [-0.1, -0.05) is 32.4 Å². The second-order valence-electron chi connectivity index (χ2n) is 9.39. The molecule has 0 fully saturated rings. The molecule has 0 bridgehead atoms. The predicted octanol–water partition coefficient (Wildman–Crippen LogP) is 5.12. The molecule has 6 nitrogen and oxygen atoms in total. The van der Waals surface area contributed by atoms with Crippen LogP contribution in [0.15, 0.2) is 47.4 Å². The van der Waals surface area contributed by atoms with Crippen LogP contribution in [0.5, 0.6) is 5.75 Å². The number of nitrogens with one attached hydrogen (secondary N) is 1. The van der Waals surface area contributed by atoms with Crippen LogP contribution in [0.2, 0.25) is 5.02 Å². The number of methoxy groups -OCH3 is 1. The van der Waals surface area contributed by atoms with Gasteiger partial charge in [-0.05, 0) is 68.1 Å². The van der Waals surface area contributed by atoms with Crippen LogP contribution in [0, 0.1) is 5.41 Å². The molecule has 2 aromatic carbocycles. The summed E-state index contributed by atoms with van der Waals surface area (Å²) >= 11 is 6.25. The molecule has 2 rings (SSSR count). The number of carbonyl (C=O) groups excluding carboxylic acids is 1. The zero-order valence-corrected chi connectivity index (χ0v) is 20.7. The molecule has 0 atom stereocenters. The van der Waals surface area contributed by atoms with Crippen LogP contribution < -0.4 is 14.4 Å². The first-order valence-electron chi connectivity index (χ1n) is 9.91. The van der Waals surface area contributed by atoms with Crippen molar-refractivity contribution in [2.24, 2.45) is 5.41 Å². The Kier molecular flexibility index (Phi) is 7.33. The largest absolute Gasteiger partial charge is 0.497 e. The van der Waals surface area contributed by atoms with Crippen LogP contribution in [-0.4, -0.2) is 34.0 Å². The van der Waals surface area contributed by atoms with Crippen LogP contribution >= 0.6 is 11.6 Å². The fraction of sp³-hybridized carbons (Fsp3) is 0.435. The van der Waals surface area contributed by atoms with E-state index in [0.717, 1.165) is 10.7 Å². The van der Waals surface area contributed by atoms with Crippen molar-refractivity contribution in [3.05, 3.63) is 53.1 Å². The molecule has 170 valence electrons. The van der Waals surface area contributed by atoms with Crippen LogP contribution in [0.4, 0.5) is 5.69 Å². The molecule has 2 aromatic rings. The molecule has 0 radical (unpaired) electrons. The molecular weight excluding hydrogens is 436 g/mol. The number of hydrogen-bond donors (Lipinski definition) is 1. The highest BCUT2D eigenvalue weighted by atomic mass is 35.5. The number of rotatable bonds is 7. The first-order valence-corrected chi connectivity index (χ1v) is 11.7. The average Bonchev–Trinajstić information content (AvgIpc) is 2.65. The first kappa shape index (κ1) is 25.0. The van der Waals surface area contributed by atoms with Gasteiger partial charge in [0.05, 0.1) is 28.3 Å². The van der Waals surface area contributed by atoms with Crippen molar-refractivity contribution in [2.45, 2.75) is 51.5 Å². The van der Waals surface area contributed by atoms with Crippen molar-refractivity contribution in [3.63, 3.8) is 0 Å². The van der Waals surface area contributed by atoms with Crippen LogP contribution in [0.3, 0.4) is 0 Å². The maximum Gasteiger partial charge on any atom is 0.264 e. The fourth-order valence-corrected chi connectivity index (χ4v) is 5.10. The van der Waals surface area contributed by atoms with Gasteiger partial charge in [0, 0.05) is 12.6 Å². The van der Waals surface area contributed by atoms with Gasteiger partial charge < -0.3 is 10.1 Å². The Morgan fingerprint density at radius 1 is 1.06 bits per heavy atom. The molecule has 0 aliphatic carbocycles. The summed E-state index contributed by atoms with van der Waals surface area (Å²) in [5.41, 5.74) is 0.0983. The van der Waals surface area contributed by atoms with Crippen molar-refractivity contribution >= 4 is 33.2 Å². The number of nitrogens with zero attached hydrogens (tertiary/aromatic N) is 1. The predicted molar refractivity (Wildman–Crippen MR) is 126 cm³/mol. The summed E-state index contributed by atoms with van der Waals surface area (Å²) in [5.74, 6) is 0.210. The van der Waals surface area contributed by atoms with E-state index < -0.39 is 21.5 Å². The lowest BCUT2D eigenvalue weighted by Crippen LogP contribution is -2.46. The number of ether oxygens (including phenoxy) is 1. The average molecular weight is 467 g/mol. The van der Waals surface area contributed by atoms with E-state index in [1.807, 2.05) is 13.8 Å². The van der Waals surface area contributed by atoms with E-state index in [9.17, 15) is 13.2 Å². The van der Waals surface area contributed by atoms with Gasteiger partial charge in [0.15, 0.2) is 0 Å². The van der Waals surface area contributed by atoms with Crippen molar-refractivity contribution in [2.75, 3.05) is 18.5 Å². The fourth-order valence-electron chi connectivity index (χ4n) is 3.67. The molecule has 0 heterocycles. The third-order valence-electron chi connectivity index (χ3n) is 4.70. The van der Waals surface area contributed by atoms with Crippen LogP contribution in [0.1, 0.15) is 51.4 Å². The third kappa shape index (κ3) is 6.37. The topological polar surface area (TPSA) is 75.7 Å². The highest BCUT2D eigenvalue weighted by molar-refractivity contribution is 7.92. The Hall–Kier alpha value is -2.25. The van der Waals surface area contributed by atoms with Gasteiger partial charge in [-0.3, -0.25) is 9.10 Å². The summed E-state index contributed by atoms with van der Waals surface area (Å²) in [4.78, 5) is 12.9. The molecule has 0 aliphatic heterocycles. The second-order valence-corrected chi connectivity index (χ2v) is 11.8. The molecule has 0 saturated carbocycles. The molecule has 1 amide bonds. The van der Waals surface area contributed by atoms with Crippen molar-refractivity contribution in [1.82, 2.24) is 5.32 Å². The molecular formula is C23H31ClN2O4S. The lowest BCUT2D eigenvalue weighted by atomic mass is 9.81. The summed E-state index contributed by atoms with van der Waals surface area (Å²) in [5, 5.41) is 3.17. The van der Waals surface area contributed by atoms with Crippen molar-refractivity contribution < 1.29 is 17.9 Å². The van der Waals surface area contributed by atoms with Gasteiger partial charge in [0.25, 0.3) is 15.9 Å². The number of carbonyl (C=O) groups is 1. The number of anilines is 1. The molecule has 0 unspecified atom stereocenters. The van der Waals surface area contributed by atoms with Gasteiger partial charge in [-0.15, -0.1) is 0 Å². The Morgan fingerprint density at radius 3 is 2.16 bits per heavy atom. The number of hydrogen-bond acceptors (Lipinski definition) is 4. The van der Waals surface area contributed by atoms with Gasteiger partial charge in [-0.25, -0.2) is 8.42 Å². The number of amides is 1. The smallest absolute Gasteiger partial charge is 0.264 e. The quantitative estimate of drug-likeness (QED) is 0.614. The molecule has 0 spiro atoms. The van der Waals surface area contributed by atoms with Crippen molar-refractivity contribution in [3.8, 4) is 5.75 Å². The molecule has 1 N–H and O–H groups in total. The number of halogens is 1. The zero-order valence-electron chi connectivity index (χ0n) is 19.1. The second kappa shape index (κ2) is 9.09. The van der Waals surface area contributed by atoms with E-state index in [1.165, 1.54) is 25.2 Å². The molecule has 31 heavy (non-hydrogen) atoms. The van der Waals surface area contributed by atoms with E-state index in [2.05, 4.69) is 26.1 Å². The highest BCUT2D eigenvalue weighted by Crippen LogP contribution is 2.29. The highest BCUT2D eigenvalue weighted by Gasteiger charge is 2.29. The summed E-state index contributed by atoms with van der Waals surface area (Å²) in [6, 6.07) is 10.8. The van der Waals surface area contributed by atoms with E-state index >= 15 is 0 Å².